The van der Waals surface area contributed by atoms with Crippen LogP contribution in [0.1, 0.15) is 5.56 Å². The highest BCUT2D eigenvalue weighted by Gasteiger charge is 2.08. The molecule has 3 aromatic carbocycles. The zero-order chi connectivity index (χ0) is 19.5. The molecule has 28 heavy (non-hydrogen) atoms. The second-order valence-corrected chi connectivity index (χ2v) is 7.51. The van der Waals surface area contributed by atoms with E-state index in [1.165, 1.54) is 6.33 Å². The van der Waals surface area contributed by atoms with E-state index in [1.54, 1.807) is 6.07 Å². The number of rotatable bonds is 5. The molecule has 7 heteroatoms. The number of benzene rings is 3. The van der Waals surface area contributed by atoms with Crippen molar-refractivity contribution in [3.63, 3.8) is 0 Å². The van der Waals surface area contributed by atoms with Crippen molar-refractivity contribution in [2.45, 2.75) is 6.61 Å². The van der Waals surface area contributed by atoms with Crippen molar-refractivity contribution in [1.29, 1.82) is 0 Å². The fourth-order valence-electron chi connectivity index (χ4n) is 2.79. The fourth-order valence-corrected chi connectivity index (χ4v) is 3.48. The number of aromatic nitrogens is 2. The zero-order valence-corrected chi connectivity index (χ0v) is 17.0. The number of nitrogens with two attached hydrogens (primary N) is 1. The lowest BCUT2D eigenvalue weighted by Gasteiger charge is -2.12. The van der Waals surface area contributed by atoms with Gasteiger partial charge >= 0.3 is 0 Å². The molecule has 0 aliphatic carbocycles. The fraction of sp³-hybridized carbons (Fsp3) is 0.0476. The van der Waals surface area contributed by atoms with E-state index in [-0.39, 0.29) is 0 Å². The molecule has 5 nitrogen and oxygen atoms in total. The molecule has 1 aromatic heterocycles. The van der Waals surface area contributed by atoms with Gasteiger partial charge in [0.2, 0.25) is 0 Å². The van der Waals surface area contributed by atoms with Gasteiger partial charge in [0.25, 0.3) is 0 Å². The topological polar surface area (TPSA) is 73.1 Å². The Hall–Kier alpha value is -2.83. The van der Waals surface area contributed by atoms with Crippen LogP contribution in [0.5, 0.6) is 5.75 Å². The van der Waals surface area contributed by atoms with Crippen LogP contribution in [-0.4, -0.2) is 9.97 Å². The van der Waals surface area contributed by atoms with Crippen LogP contribution in [-0.2, 0) is 6.61 Å². The first-order valence-corrected chi connectivity index (χ1v) is 9.70. The maximum atomic E-state index is 6.41. The molecule has 140 valence electrons. The second-order valence-electron chi connectivity index (χ2n) is 6.19. The van der Waals surface area contributed by atoms with Crippen LogP contribution in [0.3, 0.4) is 0 Å². The van der Waals surface area contributed by atoms with E-state index in [0.29, 0.717) is 28.9 Å². The van der Waals surface area contributed by atoms with Gasteiger partial charge in [-0.05, 0) is 54.1 Å². The van der Waals surface area contributed by atoms with Gasteiger partial charge in [-0.3, -0.25) is 0 Å². The summed E-state index contributed by atoms with van der Waals surface area (Å²) in [6.07, 6.45) is 1.51. The average molecular weight is 456 g/mol. The van der Waals surface area contributed by atoms with E-state index in [4.69, 9.17) is 22.1 Å². The molecule has 3 N–H and O–H groups in total. The molecule has 0 atom stereocenters. The standard InChI is InChI=1S/C21H16BrClN4O/c22-14-3-1-2-13(8-14)11-28-20-7-5-16(10-18(20)23)27-21-17-9-15(24)4-6-19(17)25-12-26-21/h1-10,12H,11,24H2,(H,25,26,27). The number of nitrogens with zero attached hydrogens (tertiary/aromatic N) is 2. The molecular weight excluding hydrogens is 440 g/mol. The van der Waals surface area contributed by atoms with E-state index >= 15 is 0 Å². The first-order valence-electron chi connectivity index (χ1n) is 8.52. The van der Waals surface area contributed by atoms with Crippen molar-refractivity contribution in [2.24, 2.45) is 0 Å². The summed E-state index contributed by atoms with van der Waals surface area (Å²) in [5.41, 5.74) is 9.21. The Balaban J connectivity index is 1.53. The largest absolute Gasteiger partial charge is 0.487 e. The molecule has 4 rings (SSSR count). The third-order valence-electron chi connectivity index (χ3n) is 4.14. The molecular formula is C21H16BrClN4O. The van der Waals surface area contributed by atoms with E-state index < -0.39 is 0 Å². The molecule has 0 spiro atoms. The number of fused-ring (bicyclic) bond motifs is 1. The number of anilines is 3. The molecule has 4 aromatic rings. The van der Waals surface area contributed by atoms with Crippen molar-refractivity contribution >= 4 is 55.6 Å². The molecule has 0 amide bonds. The summed E-state index contributed by atoms with van der Waals surface area (Å²) in [5.74, 6) is 1.28. The molecule has 0 fully saturated rings. The van der Waals surface area contributed by atoms with Crippen LogP contribution in [0.15, 0.2) is 71.5 Å². The first kappa shape index (κ1) is 18.5. The second kappa shape index (κ2) is 8.04. The molecule has 0 radical (unpaired) electrons. The normalized spacial score (nSPS) is 10.8. The predicted octanol–water partition coefficient (Wildman–Crippen LogP) is 5.95. The summed E-state index contributed by atoms with van der Waals surface area (Å²) in [6, 6.07) is 19.0. The van der Waals surface area contributed by atoms with E-state index in [9.17, 15) is 0 Å². The minimum atomic E-state index is 0.432. The van der Waals surface area contributed by atoms with Crippen molar-refractivity contribution in [3.8, 4) is 5.75 Å². The third kappa shape index (κ3) is 4.18. The Labute approximate surface area is 175 Å². The Morgan fingerprint density at radius 1 is 1.04 bits per heavy atom. The molecule has 0 aliphatic rings. The molecule has 1 heterocycles. The minimum Gasteiger partial charge on any atom is -0.487 e. The van der Waals surface area contributed by atoms with Crippen molar-refractivity contribution < 1.29 is 4.74 Å². The van der Waals surface area contributed by atoms with Gasteiger partial charge in [0.05, 0.1) is 10.5 Å². The Morgan fingerprint density at radius 3 is 2.75 bits per heavy atom. The Morgan fingerprint density at radius 2 is 1.93 bits per heavy atom. The monoisotopic (exact) mass is 454 g/mol. The van der Waals surface area contributed by atoms with Gasteiger partial charge in [-0.25, -0.2) is 9.97 Å². The quantitative estimate of drug-likeness (QED) is 0.364. The van der Waals surface area contributed by atoms with Crippen molar-refractivity contribution in [3.05, 3.63) is 82.0 Å². The summed E-state index contributed by atoms with van der Waals surface area (Å²) in [6.45, 7) is 0.432. The van der Waals surface area contributed by atoms with Crippen molar-refractivity contribution in [1.82, 2.24) is 9.97 Å². The van der Waals surface area contributed by atoms with Gasteiger partial charge in [0.1, 0.15) is 24.5 Å². The lowest BCUT2D eigenvalue weighted by atomic mass is 10.2. The first-order chi connectivity index (χ1) is 13.6. The summed E-state index contributed by atoms with van der Waals surface area (Å²) in [4.78, 5) is 8.58. The van der Waals surface area contributed by atoms with E-state index in [0.717, 1.165) is 26.6 Å². The van der Waals surface area contributed by atoms with Crippen molar-refractivity contribution in [2.75, 3.05) is 11.1 Å². The lowest BCUT2D eigenvalue weighted by molar-refractivity contribution is 0.306. The summed E-state index contributed by atoms with van der Waals surface area (Å²) < 4.78 is 6.86. The van der Waals surface area contributed by atoms with E-state index in [1.807, 2.05) is 54.6 Å². The summed E-state index contributed by atoms with van der Waals surface area (Å²) in [7, 11) is 0. The Bertz CT molecular complexity index is 1150. The smallest absolute Gasteiger partial charge is 0.141 e. The van der Waals surface area contributed by atoms with Gasteiger partial charge < -0.3 is 15.8 Å². The van der Waals surface area contributed by atoms with Crippen LogP contribution in [0.4, 0.5) is 17.2 Å². The number of ether oxygens (including phenoxy) is 1. The Kier molecular flexibility index (Phi) is 5.32. The average Bonchev–Trinajstić information content (AvgIpc) is 2.68. The molecule has 0 bridgehead atoms. The third-order valence-corrected chi connectivity index (χ3v) is 4.93. The molecule has 0 saturated heterocycles. The van der Waals surface area contributed by atoms with Crippen LogP contribution < -0.4 is 15.8 Å². The molecule has 0 saturated carbocycles. The van der Waals surface area contributed by atoms with Crippen LogP contribution >= 0.6 is 27.5 Å². The molecule has 0 aliphatic heterocycles. The minimum absolute atomic E-state index is 0.432. The predicted molar refractivity (Wildman–Crippen MR) is 117 cm³/mol. The van der Waals surface area contributed by atoms with Gasteiger partial charge in [0.15, 0.2) is 0 Å². The van der Waals surface area contributed by atoms with Gasteiger partial charge in [-0.1, -0.05) is 39.7 Å². The van der Waals surface area contributed by atoms with Gasteiger partial charge in [-0.15, -0.1) is 0 Å². The van der Waals surface area contributed by atoms with E-state index in [2.05, 4.69) is 31.2 Å². The number of hydrogen-bond donors (Lipinski definition) is 2. The SMILES string of the molecule is Nc1ccc2ncnc(Nc3ccc(OCc4cccc(Br)c4)c(Cl)c3)c2c1. The number of hydrogen-bond acceptors (Lipinski definition) is 5. The highest BCUT2D eigenvalue weighted by atomic mass is 79.9. The van der Waals surface area contributed by atoms with Crippen LogP contribution in [0, 0.1) is 0 Å². The van der Waals surface area contributed by atoms with Gasteiger partial charge in [-0.2, -0.15) is 0 Å². The number of halogens is 2. The maximum absolute atomic E-state index is 6.41. The van der Waals surface area contributed by atoms with Crippen LogP contribution in [0.2, 0.25) is 5.02 Å². The molecule has 0 unspecified atom stereocenters. The zero-order valence-electron chi connectivity index (χ0n) is 14.7. The highest BCUT2D eigenvalue weighted by molar-refractivity contribution is 9.10. The summed E-state index contributed by atoms with van der Waals surface area (Å²) >= 11 is 9.87. The number of nitrogen functional groups attached to an aromatic ring is 1. The summed E-state index contributed by atoms with van der Waals surface area (Å²) in [5, 5.41) is 4.62. The van der Waals surface area contributed by atoms with Crippen LogP contribution in [0.25, 0.3) is 10.9 Å². The lowest BCUT2D eigenvalue weighted by Crippen LogP contribution is -1.99. The maximum Gasteiger partial charge on any atom is 0.141 e. The number of nitrogens with one attached hydrogen (secondary N) is 1. The highest BCUT2D eigenvalue weighted by Crippen LogP contribution is 2.31. The van der Waals surface area contributed by atoms with Gasteiger partial charge in [0, 0.05) is 21.2 Å².